The van der Waals surface area contributed by atoms with Gasteiger partial charge >= 0.3 is 0 Å². The largest absolute Gasteiger partial charge is 0.484 e. The van der Waals surface area contributed by atoms with E-state index in [1.807, 2.05) is 24.3 Å². The molecule has 0 aliphatic carbocycles. The summed E-state index contributed by atoms with van der Waals surface area (Å²) in [6.07, 6.45) is 2.17. The minimum atomic E-state index is -0.0270. The molecule has 120 valence electrons. The molecule has 0 unspecified atom stereocenters. The second-order valence-electron chi connectivity index (χ2n) is 5.57. The zero-order chi connectivity index (χ0) is 15.9. The van der Waals surface area contributed by atoms with Gasteiger partial charge in [-0.25, -0.2) is 0 Å². The van der Waals surface area contributed by atoms with E-state index < -0.39 is 0 Å². The fourth-order valence-electron chi connectivity index (χ4n) is 2.55. The van der Waals surface area contributed by atoms with Crippen molar-refractivity contribution in [3.05, 3.63) is 29.8 Å². The lowest BCUT2D eigenvalue weighted by molar-refractivity contribution is -0.139. The summed E-state index contributed by atoms with van der Waals surface area (Å²) in [6.45, 7) is 6.12. The second-order valence-corrected chi connectivity index (χ2v) is 5.57. The standard InChI is InChI=1S/C17H24N2O3/c1-3-4-15-5-7-16(8-6-15)22-13-17(21)19-11-9-18(10-12-19)14(2)20/h5-8H,3-4,9-13H2,1-2H3. The van der Waals surface area contributed by atoms with E-state index >= 15 is 0 Å². The Morgan fingerprint density at radius 3 is 2.18 bits per heavy atom. The molecule has 0 bridgehead atoms. The zero-order valence-electron chi connectivity index (χ0n) is 13.4. The molecule has 1 aliphatic heterocycles. The van der Waals surface area contributed by atoms with Gasteiger partial charge in [0.05, 0.1) is 0 Å². The molecule has 2 rings (SSSR count). The van der Waals surface area contributed by atoms with Gasteiger partial charge in [0.15, 0.2) is 6.61 Å². The summed E-state index contributed by atoms with van der Waals surface area (Å²) in [5.74, 6) is 0.756. The van der Waals surface area contributed by atoms with E-state index in [0.717, 1.165) is 18.6 Å². The average Bonchev–Trinajstić information content (AvgIpc) is 2.54. The lowest BCUT2D eigenvalue weighted by Crippen LogP contribution is -2.51. The van der Waals surface area contributed by atoms with Crippen LogP contribution in [0, 0.1) is 0 Å². The maximum atomic E-state index is 12.1. The summed E-state index contributed by atoms with van der Waals surface area (Å²) in [4.78, 5) is 26.9. The van der Waals surface area contributed by atoms with E-state index in [1.165, 1.54) is 5.56 Å². The van der Waals surface area contributed by atoms with Crippen molar-refractivity contribution in [3.63, 3.8) is 0 Å². The first-order chi connectivity index (χ1) is 10.6. The Hall–Kier alpha value is -2.04. The van der Waals surface area contributed by atoms with Crippen molar-refractivity contribution in [2.45, 2.75) is 26.7 Å². The summed E-state index contributed by atoms with van der Waals surface area (Å²) in [5, 5.41) is 0. The molecule has 1 fully saturated rings. The zero-order valence-corrected chi connectivity index (χ0v) is 13.4. The number of ether oxygens (including phenoxy) is 1. The van der Waals surface area contributed by atoms with E-state index in [-0.39, 0.29) is 18.4 Å². The number of hydrogen-bond donors (Lipinski definition) is 0. The molecule has 5 heteroatoms. The van der Waals surface area contributed by atoms with E-state index in [4.69, 9.17) is 4.74 Å². The van der Waals surface area contributed by atoms with E-state index in [2.05, 4.69) is 6.92 Å². The van der Waals surface area contributed by atoms with Crippen molar-refractivity contribution in [2.24, 2.45) is 0 Å². The van der Waals surface area contributed by atoms with Crippen molar-refractivity contribution in [1.82, 2.24) is 9.80 Å². The number of aryl methyl sites for hydroxylation is 1. The van der Waals surface area contributed by atoms with Crippen LogP contribution in [0.5, 0.6) is 5.75 Å². The lowest BCUT2D eigenvalue weighted by Gasteiger charge is -2.34. The number of nitrogens with zero attached hydrogens (tertiary/aromatic N) is 2. The highest BCUT2D eigenvalue weighted by molar-refractivity contribution is 5.78. The maximum absolute atomic E-state index is 12.1. The van der Waals surface area contributed by atoms with Gasteiger partial charge in [0, 0.05) is 33.1 Å². The van der Waals surface area contributed by atoms with Crippen LogP contribution in [-0.4, -0.2) is 54.4 Å². The van der Waals surface area contributed by atoms with Gasteiger partial charge in [-0.2, -0.15) is 0 Å². The fraction of sp³-hybridized carbons (Fsp3) is 0.529. The molecular weight excluding hydrogens is 280 g/mol. The molecule has 0 spiro atoms. The summed E-state index contributed by atoms with van der Waals surface area (Å²) in [6, 6.07) is 7.89. The minimum Gasteiger partial charge on any atom is -0.484 e. The van der Waals surface area contributed by atoms with E-state index in [1.54, 1.807) is 16.7 Å². The molecule has 0 aromatic heterocycles. The van der Waals surface area contributed by atoms with Crippen molar-refractivity contribution < 1.29 is 14.3 Å². The third-order valence-electron chi connectivity index (χ3n) is 3.90. The molecular formula is C17H24N2O3. The van der Waals surface area contributed by atoms with Crippen LogP contribution in [0.1, 0.15) is 25.8 Å². The van der Waals surface area contributed by atoms with Gasteiger partial charge in [-0.3, -0.25) is 9.59 Å². The van der Waals surface area contributed by atoms with Gasteiger partial charge in [0.2, 0.25) is 5.91 Å². The number of hydrogen-bond acceptors (Lipinski definition) is 3. The Morgan fingerprint density at radius 1 is 1.05 bits per heavy atom. The van der Waals surface area contributed by atoms with Crippen LogP contribution < -0.4 is 4.74 Å². The van der Waals surface area contributed by atoms with Crippen LogP contribution in [0.2, 0.25) is 0 Å². The van der Waals surface area contributed by atoms with Crippen LogP contribution in [-0.2, 0) is 16.0 Å². The molecule has 0 N–H and O–H groups in total. The SMILES string of the molecule is CCCc1ccc(OCC(=O)N2CCN(C(C)=O)CC2)cc1. The van der Waals surface area contributed by atoms with Crippen molar-refractivity contribution in [2.75, 3.05) is 32.8 Å². The Labute approximate surface area is 131 Å². The van der Waals surface area contributed by atoms with Crippen molar-refractivity contribution >= 4 is 11.8 Å². The van der Waals surface area contributed by atoms with Gasteiger partial charge in [-0.05, 0) is 24.1 Å². The number of piperazine rings is 1. The Balaban J connectivity index is 1.77. The average molecular weight is 304 g/mol. The van der Waals surface area contributed by atoms with Crippen molar-refractivity contribution in [1.29, 1.82) is 0 Å². The molecule has 0 saturated carbocycles. The first kappa shape index (κ1) is 16.3. The summed E-state index contributed by atoms with van der Waals surface area (Å²) in [5.41, 5.74) is 1.28. The van der Waals surface area contributed by atoms with Gasteiger partial charge in [-0.15, -0.1) is 0 Å². The van der Waals surface area contributed by atoms with Crippen molar-refractivity contribution in [3.8, 4) is 5.75 Å². The molecule has 22 heavy (non-hydrogen) atoms. The summed E-state index contributed by atoms with van der Waals surface area (Å²) >= 11 is 0. The monoisotopic (exact) mass is 304 g/mol. The quantitative estimate of drug-likeness (QED) is 0.832. The van der Waals surface area contributed by atoms with E-state index in [0.29, 0.717) is 26.2 Å². The van der Waals surface area contributed by atoms with Crippen LogP contribution in [0.3, 0.4) is 0 Å². The molecule has 0 atom stereocenters. The number of carbonyl (C=O) groups is 2. The molecule has 1 heterocycles. The number of amides is 2. The highest BCUT2D eigenvalue weighted by Gasteiger charge is 2.22. The van der Waals surface area contributed by atoms with Crippen LogP contribution >= 0.6 is 0 Å². The second kappa shape index (κ2) is 7.82. The van der Waals surface area contributed by atoms with Gasteiger partial charge in [-0.1, -0.05) is 25.5 Å². The smallest absolute Gasteiger partial charge is 0.260 e. The van der Waals surface area contributed by atoms with Crippen LogP contribution in [0.4, 0.5) is 0 Å². The molecule has 2 amide bonds. The predicted molar refractivity (Wildman–Crippen MR) is 84.8 cm³/mol. The fourth-order valence-corrected chi connectivity index (χ4v) is 2.55. The molecule has 5 nitrogen and oxygen atoms in total. The Kier molecular flexibility index (Phi) is 5.81. The number of rotatable bonds is 5. The molecule has 0 radical (unpaired) electrons. The Morgan fingerprint density at radius 2 is 1.64 bits per heavy atom. The number of carbonyl (C=O) groups excluding carboxylic acids is 2. The topological polar surface area (TPSA) is 49.9 Å². The Bertz CT molecular complexity index is 505. The van der Waals surface area contributed by atoms with Gasteiger partial charge in [0.25, 0.3) is 5.91 Å². The third-order valence-corrected chi connectivity index (χ3v) is 3.90. The van der Waals surface area contributed by atoms with E-state index in [9.17, 15) is 9.59 Å². The first-order valence-corrected chi connectivity index (χ1v) is 7.85. The predicted octanol–water partition coefficient (Wildman–Crippen LogP) is 1.71. The first-order valence-electron chi connectivity index (χ1n) is 7.85. The minimum absolute atomic E-state index is 0.0270. The molecule has 1 saturated heterocycles. The van der Waals surface area contributed by atoms with Gasteiger partial charge < -0.3 is 14.5 Å². The summed E-state index contributed by atoms with van der Waals surface area (Å²) in [7, 11) is 0. The number of benzene rings is 1. The molecule has 1 aromatic rings. The molecule has 1 aliphatic rings. The lowest BCUT2D eigenvalue weighted by atomic mass is 10.1. The van der Waals surface area contributed by atoms with Gasteiger partial charge in [0.1, 0.15) is 5.75 Å². The van der Waals surface area contributed by atoms with Crippen LogP contribution in [0.15, 0.2) is 24.3 Å². The third kappa shape index (κ3) is 4.48. The maximum Gasteiger partial charge on any atom is 0.260 e. The summed E-state index contributed by atoms with van der Waals surface area (Å²) < 4.78 is 5.56. The highest BCUT2D eigenvalue weighted by atomic mass is 16.5. The highest BCUT2D eigenvalue weighted by Crippen LogP contribution is 2.13. The molecule has 1 aromatic carbocycles. The van der Waals surface area contributed by atoms with Crippen LogP contribution in [0.25, 0.3) is 0 Å². The normalized spacial score (nSPS) is 14.8.